The number of hydrogen-bond acceptors (Lipinski definition) is 1. The summed E-state index contributed by atoms with van der Waals surface area (Å²) in [6.07, 6.45) is -0.113. The molecule has 0 aromatic heterocycles. The van der Waals surface area contributed by atoms with E-state index < -0.39 is 11.9 Å². The monoisotopic (exact) mass is 259 g/mol. The lowest BCUT2D eigenvalue weighted by Gasteiger charge is -2.25. The first-order chi connectivity index (χ1) is 9.16. The Bertz CT molecular complexity index is 545. The van der Waals surface area contributed by atoms with E-state index in [9.17, 15) is 9.18 Å². The zero-order valence-corrected chi connectivity index (χ0v) is 10.4. The smallest absolute Gasteiger partial charge is 0.407 e. The highest BCUT2D eigenvalue weighted by Gasteiger charge is 2.19. The number of rotatable bonds is 0. The molecule has 0 saturated carbocycles. The Kier molecular flexibility index (Phi) is 4.19. The molecule has 19 heavy (non-hydrogen) atoms. The van der Waals surface area contributed by atoms with Crippen molar-refractivity contribution in [1.29, 1.82) is 0 Å². The molecule has 0 bridgehead atoms. The average molecular weight is 259 g/mol. The number of hydrogen-bond donors (Lipinski definition) is 1. The van der Waals surface area contributed by atoms with E-state index in [4.69, 9.17) is 5.11 Å². The minimum absolute atomic E-state index is 0.338. The molecule has 0 spiro atoms. The van der Waals surface area contributed by atoms with Gasteiger partial charge in [0.2, 0.25) is 0 Å². The van der Waals surface area contributed by atoms with Crippen LogP contribution < -0.4 is 0 Å². The van der Waals surface area contributed by atoms with Crippen LogP contribution in [0, 0.1) is 11.8 Å². The fraction of sp³-hybridized carbons (Fsp3) is 0.267. The first-order valence-corrected chi connectivity index (χ1v) is 6.09. The second-order valence-corrected chi connectivity index (χ2v) is 4.30. The summed E-state index contributed by atoms with van der Waals surface area (Å²) in [5.74, 6) is 4.85. The molecule has 0 atom stereocenters. The molecule has 1 amide bonds. The Morgan fingerprint density at radius 3 is 2.42 bits per heavy atom. The van der Waals surface area contributed by atoms with E-state index in [1.165, 1.54) is 4.90 Å². The van der Waals surface area contributed by atoms with Gasteiger partial charge in [0.25, 0.3) is 0 Å². The van der Waals surface area contributed by atoms with Crippen molar-refractivity contribution < 1.29 is 14.3 Å². The van der Waals surface area contributed by atoms with Crippen molar-refractivity contribution in [2.45, 2.75) is 12.8 Å². The van der Waals surface area contributed by atoms with E-state index in [0.29, 0.717) is 31.5 Å². The van der Waals surface area contributed by atoms with Crippen molar-refractivity contribution in [3.05, 3.63) is 47.3 Å². The van der Waals surface area contributed by atoms with Gasteiger partial charge in [-0.05, 0) is 36.5 Å². The summed E-state index contributed by atoms with van der Waals surface area (Å²) in [4.78, 5) is 12.0. The van der Waals surface area contributed by atoms with Crippen LogP contribution in [0.5, 0.6) is 0 Å². The molecule has 1 heterocycles. The van der Waals surface area contributed by atoms with Crippen LogP contribution in [-0.2, 0) is 0 Å². The molecule has 4 heteroatoms. The molecule has 1 aromatic rings. The molecule has 1 fully saturated rings. The Labute approximate surface area is 111 Å². The van der Waals surface area contributed by atoms with Crippen LogP contribution in [0.25, 0.3) is 0 Å². The topological polar surface area (TPSA) is 40.5 Å². The molecule has 2 rings (SSSR count). The highest BCUT2D eigenvalue weighted by atomic mass is 19.1. The van der Waals surface area contributed by atoms with Gasteiger partial charge in [-0.15, -0.1) is 0 Å². The molecule has 1 aromatic carbocycles. The molecular weight excluding hydrogens is 245 g/mol. The minimum atomic E-state index is -0.949. The fourth-order valence-electron chi connectivity index (χ4n) is 1.92. The van der Waals surface area contributed by atoms with Crippen molar-refractivity contribution in [2.24, 2.45) is 0 Å². The predicted molar refractivity (Wildman–Crippen MR) is 70.3 cm³/mol. The number of carboxylic acid groups (broad SMARTS) is 1. The second kappa shape index (κ2) is 6.05. The van der Waals surface area contributed by atoms with Crippen LogP contribution in [0.4, 0.5) is 9.18 Å². The third kappa shape index (κ3) is 3.59. The molecule has 1 aliphatic rings. The lowest BCUT2D eigenvalue weighted by Crippen LogP contribution is -2.35. The zero-order valence-electron chi connectivity index (χ0n) is 10.4. The summed E-state index contributed by atoms with van der Waals surface area (Å²) in [5, 5.41) is 8.80. The number of allylic oxidation sites excluding steroid dienone is 1. The predicted octanol–water partition coefficient (Wildman–Crippen LogP) is 3.04. The molecule has 0 aliphatic carbocycles. The molecule has 0 unspecified atom stereocenters. The van der Waals surface area contributed by atoms with Crippen molar-refractivity contribution in [1.82, 2.24) is 4.90 Å². The zero-order chi connectivity index (χ0) is 13.7. The van der Waals surface area contributed by atoms with Crippen molar-refractivity contribution in [3.8, 4) is 11.8 Å². The second-order valence-electron chi connectivity index (χ2n) is 4.30. The molecular formula is C15H14FNO2. The summed E-state index contributed by atoms with van der Waals surface area (Å²) in [6, 6.07) is 9.21. The van der Waals surface area contributed by atoms with Gasteiger partial charge in [-0.2, -0.15) is 4.39 Å². The average Bonchev–Trinajstić information content (AvgIpc) is 2.46. The van der Waals surface area contributed by atoms with Gasteiger partial charge >= 0.3 is 6.09 Å². The SMILES string of the molecule is O=C(O)N1CCC(=C(F)C#Cc2ccccc2)CC1. The normalized spacial score (nSPS) is 14.6. The minimum Gasteiger partial charge on any atom is -0.465 e. The number of halogens is 1. The summed E-state index contributed by atoms with van der Waals surface area (Å²) < 4.78 is 13.8. The lowest BCUT2D eigenvalue weighted by atomic mass is 10.0. The maximum absolute atomic E-state index is 13.8. The summed E-state index contributed by atoms with van der Waals surface area (Å²) in [5.41, 5.74) is 1.38. The van der Waals surface area contributed by atoms with E-state index in [-0.39, 0.29) is 0 Å². The third-order valence-corrected chi connectivity index (χ3v) is 3.04. The van der Waals surface area contributed by atoms with Gasteiger partial charge < -0.3 is 10.0 Å². The van der Waals surface area contributed by atoms with Crippen LogP contribution in [0.2, 0.25) is 0 Å². The highest BCUT2D eigenvalue weighted by Crippen LogP contribution is 2.20. The van der Waals surface area contributed by atoms with Gasteiger partial charge in [-0.3, -0.25) is 0 Å². The van der Waals surface area contributed by atoms with Crippen LogP contribution in [0.3, 0.4) is 0 Å². The van der Waals surface area contributed by atoms with E-state index in [2.05, 4.69) is 11.8 Å². The van der Waals surface area contributed by atoms with Crippen LogP contribution in [-0.4, -0.2) is 29.2 Å². The third-order valence-electron chi connectivity index (χ3n) is 3.04. The maximum atomic E-state index is 13.8. The van der Waals surface area contributed by atoms with Crippen LogP contribution in [0.15, 0.2) is 41.7 Å². The number of nitrogens with zero attached hydrogens (tertiary/aromatic N) is 1. The van der Waals surface area contributed by atoms with E-state index in [1.54, 1.807) is 0 Å². The largest absolute Gasteiger partial charge is 0.465 e. The summed E-state index contributed by atoms with van der Waals surface area (Å²) in [6.45, 7) is 0.677. The Morgan fingerprint density at radius 2 is 1.84 bits per heavy atom. The van der Waals surface area contributed by atoms with Gasteiger partial charge in [0.15, 0.2) is 5.83 Å². The highest BCUT2D eigenvalue weighted by molar-refractivity contribution is 5.65. The molecule has 98 valence electrons. The quantitative estimate of drug-likeness (QED) is 0.727. The lowest BCUT2D eigenvalue weighted by molar-refractivity contribution is 0.141. The standard InChI is InChI=1S/C15H14FNO2/c16-14(7-6-12-4-2-1-3-5-12)13-8-10-17(11-9-13)15(18)19/h1-5H,8-11H2,(H,18,19). The number of carbonyl (C=O) groups is 1. The first kappa shape index (κ1) is 13.2. The Hall–Kier alpha value is -2.28. The van der Waals surface area contributed by atoms with Crippen LogP contribution in [0.1, 0.15) is 18.4 Å². The Morgan fingerprint density at radius 1 is 1.21 bits per heavy atom. The Balaban J connectivity index is 2.04. The molecule has 3 nitrogen and oxygen atoms in total. The maximum Gasteiger partial charge on any atom is 0.407 e. The fourth-order valence-corrected chi connectivity index (χ4v) is 1.92. The number of piperidine rings is 1. The van der Waals surface area contributed by atoms with E-state index in [1.807, 2.05) is 30.3 Å². The van der Waals surface area contributed by atoms with Crippen molar-refractivity contribution in [3.63, 3.8) is 0 Å². The van der Waals surface area contributed by atoms with Gasteiger partial charge in [0.1, 0.15) is 0 Å². The first-order valence-electron chi connectivity index (χ1n) is 6.09. The molecule has 1 N–H and O–H groups in total. The van der Waals surface area contributed by atoms with Gasteiger partial charge in [-0.25, -0.2) is 4.79 Å². The van der Waals surface area contributed by atoms with Gasteiger partial charge in [0.05, 0.1) is 0 Å². The van der Waals surface area contributed by atoms with Crippen LogP contribution >= 0.6 is 0 Å². The molecule has 1 saturated heterocycles. The van der Waals surface area contributed by atoms with E-state index >= 15 is 0 Å². The number of likely N-dealkylation sites (tertiary alicyclic amines) is 1. The molecule has 1 aliphatic heterocycles. The van der Waals surface area contributed by atoms with E-state index in [0.717, 1.165) is 5.56 Å². The summed E-state index contributed by atoms with van der Waals surface area (Å²) >= 11 is 0. The number of benzene rings is 1. The number of amides is 1. The summed E-state index contributed by atoms with van der Waals surface area (Å²) in [7, 11) is 0. The van der Waals surface area contributed by atoms with Gasteiger partial charge in [0, 0.05) is 18.7 Å². The van der Waals surface area contributed by atoms with Crippen molar-refractivity contribution in [2.75, 3.05) is 13.1 Å². The van der Waals surface area contributed by atoms with Gasteiger partial charge in [-0.1, -0.05) is 24.1 Å². The molecule has 0 radical (unpaired) electrons. The van der Waals surface area contributed by atoms with Crippen molar-refractivity contribution >= 4 is 6.09 Å².